The van der Waals surface area contributed by atoms with Crippen molar-refractivity contribution in [2.75, 3.05) is 0 Å². The molecule has 30 heavy (non-hydrogen) atoms. The molecule has 1 aliphatic carbocycles. The van der Waals surface area contributed by atoms with Crippen LogP contribution in [0, 0.1) is 5.92 Å². The van der Waals surface area contributed by atoms with Crippen LogP contribution in [0.25, 0.3) is 0 Å². The van der Waals surface area contributed by atoms with E-state index in [1.165, 1.54) is 6.34 Å². The molecule has 162 valence electrons. The normalized spacial score (nSPS) is 28.3. The Bertz CT molecular complexity index is 849. The van der Waals surface area contributed by atoms with Crippen molar-refractivity contribution in [3.8, 4) is 5.75 Å². The number of amides is 1. The van der Waals surface area contributed by atoms with E-state index in [1.807, 2.05) is 22.6 Å². The van der Waals surface area contributed by atoms with Gasteiger partial charge in [-0.25, -0.2) is 4.79 Å². The molecule has 0 aromatic heterocycles. The van der Waals surface area contributed by atoms with Crippen molar-refractivity contribution >= 4 is 44.8 Å². The van der Waals surface area contributed by atoms with Crippen LogP contribution in [0.15, 0.2) is 34.5 Å². The fourth-order valence-corrected chi connectivity index (χ4v) is 3.45. The van der Waals surface area contributed by atoms with Gasteiger partial charge in [-0.15, -0.1) is 10.2 Å². The lowest BCUT2D eigenvalue weighted by atomic mass is 9.81. The first-order chi connectivity index (χ1) is 14.3. The van der Waals surface area contributed by atoms with Gasteiger partial charge in [-0.05, 0) is 17.7 Å². The summed E-state index contributed by atoms with van der Waals surface area (Å²) in [5.41, 5.74) is 3.24. The van der Waals surface area contributed by atoms with Gasteiger partial charge in [-0.1, -0.05) is 12.1 Å². The highest BCUT2D eigenvalue weighted by Crippen LogP contribution is 2.29. The summed E-state index contributed by atoms with van der Waals surface area (Å²) < 4.78 is 11.1. The second-order valence-electron chi connectivity index (χ2n) is 6.59. The monoisotopic (exact) mass is 534 g/mol. The topological polar surface area (TPSA) is 174 Å². The molecule has 1 aromatic carbocycles. The molecule has 13 heteroatoms. The first-order valence-electron chi connectivity index (χ1n) is 8.78. The number of aliphatic hydroxyl groups is 3. The van der Waals surface area contributed by atoms with Gasteiger partial charge in [0.2, 0.25) is 3.84 Å². The molecule has 1 aromatic rings. The van der Waals surface area contributed by atoms with Crippen LogP contribution in [0.2, 0.25) is 0 Å². The standard InChI is InChI=1S/C17H19IN4O8/c18-16-21-19-7-20-22(16)17(28)29-6-8-1-3-9(4-2-8)30-11-5-10(15(26)27)12(23)14(25)13(11)24/h1-4,7,10-14,23-25H,5-6H2,(H,19,20)(H,26,27)/t10-,11?,12+,13-,14-/m0/s1. The number of carbonyl (C=O) groups excluding carboxylic acids is 1. The van der Waals surface area contributed by atoms with Crippen LogP contribution in [-0.2, 0) is 16.1 Å². The van der Waals surface area contributed by atoms with Gasteiger partial charge in [0.05, 0.1) is 12.0 Å². The maximum absolute atomic E-state index is 12.0. The number of carboxylic acid groups (broad SMARTS) is 1. The van der Waals surface area contributed by atoms with Gasteiger partial charge >= 0.3 is 12.1 Å². The molecular formula is C17H19IN4O8. The van der Waals surface area contributed by atoms with Crippen LogP contribution in [-0.4, -0.2) is 72.1 Å². The fraction of sp³-hybridized carbons (Fsp3) is 0.412. The van der Waals surface area contributed by atoms with Gasteiger partial charge < -0.3 is 29.9 Å². The van der Waals surface area contributed by atoms with Gasteiger partial charge in [0, 0.05) is 29.0 Å². The SMILES string of the molecule is O=C(O)[C@H]1CC(Oc2ccc(COC(=O)N3NC=NN=C3I)cc2)[C@H](O)[C@@H](O)[C@@H]1O. The Morgan fingerprint density at radius 2 is 1.87 bits per heavy atom. The molecular weight excluding hydrogens is 515 g/mol. The number of halogens is 1. The molecule has 1 aliphatic heterocycles. The van der Waals surface area contributed by atoms with E-state index in [0.29, 0.717) is 15.2 Å². The van der Waals surface area contributed by atoms with E-state index in [1.54, 1.807) is 24.3 Å². The Hall–Kier alpha value is -2.49. The number of rotatable bonds is 5. The Balaban J connectivity index is 1.56. The lowest BCUT2D eigenvalue weighted by molar-refractivity contribution is -0.174. The molecule has 0 spiro atoms. The minimum atomic E-state index is -1.64. The summed E-state index contributed by atoms with van der Waals surface area (Å²) in [7, 11) is 0. The summed E-state index contributed by atoms with van der Waals surface area (Å²) >= 11 is 1.82. The van der Waals surface area contributed by atoms with E-state index in [9.17, 15) is 30.0 Å². The number of carboxylic acids is 1. The maximum atomic E-state index is 12.0. The van der Waals surface area contributed by atoms with Crippen LogP contribution in [0.1, 0.15) is 12.0 Å². The lowest BCUT2D eigenvalue weighted by Gasteiger charge is -2.38. The molecule has 1 amide bonds. The zero-order valence-electron chi connectivity index (χ0n) is 15.3. The van der Waals surface area contributed by atoms with E-state index in [0.717, 1.165) is 5.01 Å². The minimum absolute atomic E-state index is 0.0313. The van der Waals surface area contributed by atoms with Gasteiger partial charge in [0.15, 0.2) is 0 Å². The second-order valence-corrected chi connectivity index (χ2v) is 7.55. The summed E-state index contributed by atoms with van der Waals surface area (Å²) in [6.45, 7) is -0.0313. The molecule has 3 rings (SSSR count). The van der Waals surface area contributed by atoms with Gasteiger partial charge in [-0.3, -0.25) is 10.2 Å². The number of hydrogen-bond acceptors (Lipinski definition) is 10. The van der Waals surface area contributed by atoms with E-state index in [4.69, 9.17) is 9.47 Å². The molecule has 1 heterocycles. The molecule has 1 saturated carbocycles. The number of carbonyl (C=O) groups is 2. The molecule has 12 nitrogen and oxygen atoms in total. The number of benzene rings is 1. The molecule has 5 atom stereocenters. The van der Waals surface area contributed by atoms with Crippen LogP contribution in [0.4, 0.5) is 4.79 Å². The number of ether oxygens (including phenoxy) is 2. The summed E-state index contributed by atoms with van der Waals surface area (Å²) in [5.74, 6) is -2.22. The van der Waals surface area contributed by atoms with Crippen molar-refractivity contribution in [1.29, 1.82) is 0 Å². The number of hydrogen-bond donors (Lipinski definition) is 5. The summed E-state index contributed by atoms with van der Waals surface area (Å²) in [6.07, 6.45) is -5.28. The average Bonchev–Trinajstić information content (AvgIpc) is 2.73. The summed E-state index contributed by atoms with van der Waals surface area (Å²) in [5, 5.41) is 47.4. The smallest absolute Gasteiger partial charge is 0.435 e. The van der Waals surface area contributed by atoms with Crippen LogP contribution < -0.4 is 10.2 Å². The van der Waals surface area contributed by atoms with Crippen LogP contribution in [0.5, 0.6) is 5.75 Å². The average molecular weight is 534 g/mol. The Kier molecular flexibility index (Phi) is 7.06. The summed E-state index contributed by atoms with van der Waals surface area (Å²) in [6, 6.07) is 6.37. The van der Waals surface area contributed by atoms with E-state index >= 15 is 0 Å². The fourth-order valence-electron chi connectivity index (χ4n) is 2.99. The second kappa shape index (κ2) is 9.55. The van der Waals surface area contributed by atoms with Gasteiger partial charge in [0.25, 0.3) is 0 Å². The molecule has 0 radical (unpaired) electrons. The number of hydrazine groups is 1. The van der Waals surface area contributed by atoms with Gasteiger partial charge in [0.1, 0.15) is 37.0 Å². The third-order valence-corrected chi connectivity index (χ3v) is 5.32. The van der Waals surface area contributed by atoms with Gasteiger partial charge in [-0.2, -0.15) is 5.01 Å². The minimum Gasteiger partial charge on any atom is -0.488 e. The molecule has 1 fully saturated rings. The lowest BCUT2D eigenvalue weighted by Crippen LogP contribution is -2.57. The quantitative estimate of drug-likeness (QED) is 0.254. The number of aliphatic hydroxyl groups excluding tert-OH is 3. The predicted octanol–water partition coefficient (Wildman–Crippen LogP) is -0.188. The molecule has 1 unspecified atom stereocenters. The number of nitrogens with one attached hydrogen (secondary N) is 1. The zero-order chi connectivity index (χ0) is 21.8. The largest absolute Gasteiger partial charge is 0.488 e. The van der Waals surface area contributed by atoms with Crippen molar-refractivity contribution in [3.63, 3.8) is 0 Å². The molecule has 2 aliphatic rings. The van der Waals surface area contributed by atoms with Crippen molar-refractivity contribution in [2.24, 2.45) is 16.1 Å². The highest BCUT2D eigenvalue weighted by molar-refractivity contribution is 14.1. The Morgan fingerprint density at radius 3 is 2.50 bits per heavy atom. The van der Waals surface area contributed by atoms with E-state index in [-0.39, 0.29) is 13.0 Å². The van der Waals surface area contributed by atoms with E-state index in [2.05, 4.69) is 15.6 Å². The first kappa shape index (κ1) is 22.2. The van der Waals surface area contributed by atoms with Crippen molar-refractivity contribution in [3.05, 3.63) is 29.8 Å². The Labute approximate surface area is 183 Å². The first-order valence-corrected chi connectivity index (χ1v) is 9.86. The third-order valence-electron chi connectivity index (χ3n) is 4.62. The summed E-state index contributed by atoms with van der Waals surface area (Å²) in [4.78, 5) is 23.3. The molecule has 0 bridgehead atoms. The van der Waals surface area contributed by atoms with Crippen molar-refractivity contribution in [1.82, 2.24) is 10.4 Å². The number of aliphatic carboxylic acids is 1. The molecule has 5 N–H and O–H groups in total. The Morgan fingerprint density at radius 1 is 1.17 bits per heavy atom. The highest BCUT2D eigenvalue weighted by atomic mass is 127. The predicted molar refractivity (Wildman–Crippen MR) is 110 cm³/mol. The van der Waals surface area contributed by atoms with Crippen LogP contribution in [0.3, 0.4) is 0 Å². The van der Waals surface area contributed by atoms with Crippen LogP contribution >= 0.6 is 22.6 Å². The number of nitrogens with zero attached hydrogens (tertiary/aromatic N) is 3. The van der Waals surface area contributed by atoms with Crippen molar-refractivity contribution in [2.45, 2.75) is 37.4 Å². The van der Waals surface area contributed by atoms with Crippen molar-refractivity contribution < 1.29 is 39.5 Å². The molecule has 0 saturated heterocycles. The maximum Gasteiger partial charge on any atom is 0.435 e. The highest BCUT2D eigenvalue weighted by Gasteiger charge is 2.46. The third kappa shape index (κ3) is 4.97. The van der Waals surface area contributed by atoms with E-state index < -0.39 is 42.4 Å². The zero-order valence-corrected chi connectivity index (χ0v) is 17.5. The number of amidine groups is 1.